The van der Waals surface area contributed by atoms with Crippen LogP contribution in [0.1, 0.15) is 5.56 Å². The van der Waals surface area contributed by atoms with E-state index >= 15 is 0 Å². The Morgan fingerprint density at radius 2 is 1.53 bits per heavy atom. The van der Waals surface area contributed by atoms with E-state index < -0.39 is 42.7 Å². The van der Waals surface area contributed by atoms with Crippen molar-refractivity contribution in [2.24, 2.45) is 0 Å². The first kappa shape index (κ1) is 25.6. The zero-order valence-corrected chi connectivity index (χ0v) is 20.3. The van der Waals surface area contributed by atoms with E-state index in [1.807, 2.05) is 0 Å². The molecule has 0 N–H and O–H groups in total. The maximum absolute atomic E-state index is 14.0. The highest BCUT2D eigenvalue weighted by Crippen LogP contribution is 2.40. The van der Waals surface area contributed by atoms with Gasteiger partial charge in [0.25, 0.3) is 0 Å². The van der Waals surface area contributed by atoms with Crippen molar-refractivity contribution < 1.29 is 39.1 Å². The Kier molecular flexibility index (Phi) is 6.29. The molecule has 1 heterocycles. The molecule has 0 spiro atoms. The third kappa shape index (κ3) is 5.19. The van der Waals surface area contributed by atoms with E-state index in [1.54, 1.807) is 0 Å². The van der Waals surface area contributed by atoms with Gasteiger partial charge in [-0.15, -0.1) is 0 Å². The van der Waals surface area contributed by atoms with Gasteiger partial charge in [0.2, 0.25) is 0 Å². The van der Waals surface area contributed by atoms with Crippen LogP contribution < -0.4 is 4.74 Å². The molecule has 6 nitrogen and oxygen atoms in total. The third-order valence-corrected chi connectivity index (χ3v) is 7.40. The van der Waals surface area contributed by atoms with E-state index in [4.69, 9.17) is 4.74 Å². The van der Waals surface area contributed by atoms with Gasteiger partial charge in [0.15, 0.2) is 19.7 Å². The van der Waals surface area contributed by atoms with Crippen molar-refractivity contribution in [2.75, 3.05) is 12.5 Å². The summed E-state index contributed by atoms with van der Waals surface area (Å²) in [6, 6.07) is 12.0. The van der Waals surface area contributed by atoms with Gasteiger partial charge in [0.1, 0.15) is 17.3 Å². The van der Waals surface area contributed by atoms with Crippen LogP contribution in [0.5, 0.6) is 11.5 Å². The van der Waals surface area contributed by atoms with Gasteiger partial charge in [-0.05, 0) is 35.9 Å². The number of sulfone groups is 2. The normalized spacial score (nSPS) is 12.6. The van der Waals surface area contributed by atoms with Gasteiger partial charge >= 0.3 is 6.18 Å². The lowest BCUT2D eigenvalue weighted by Crippen LogP contribution is -2.08. The Balaban J connectivity index is 1.92. The fourth-order valence-electron chi connectivity index (χ4n) is 3.67. The molecule has 0 aliphatic carbocycles. The van der Waals surface area contributed by atoms with Crippen molar-refractivity contribution >= 4 is 30.6 Å². The van der Waals surface area contributed by atoms with Crippen LogP contribution in [0, 0.1) is 5.82 Å². The summed E-state index contributed by atoms with van der Waals surface area (Å²) in [5.74, 6) is -0.938. The molecule has 0 saturated heterocycles. The predicted molar refractivity (Wildman–Crippen MR) is 125 cm³/mol. The number of pyridine rings is 1. The molecule has 0 atom stereocenters. The average Bonchev–Trinajstić information content (AvgIpc) is 2.75. The number of aromatic nitrogens is 1. The fraction of sp³-hybridized carbons (Fsp3) is 0.125. The number of ether oxygens (including phenoxy) is 1. The van der Waals surface area contributed by atoms with E-state index in [0.717, 1.165) is 49.0 Å². The molecule has 3 aromatic carbocycles. The minimum atomic E-state index is -4.73. The van der Waals surface area contributed by atoms with Crippen LogP contribution in [-0.4, -0.2) is 34.3 Å². The maximum atomic E-state index is 14.0. The largest absolute Gasteiger partial charge is 0.457 e. The van der Waals surface area contributed by atoms with Crippen LogP contribution >= 0.6 is 0 Å². The molecular weight excluding hydrogens is 522 g/mol. The Hall–Kier alpha value is -3.51. The first-order chi connectivity index (χ1) is 16.6. The molecule has 188 valence electrons. The molecule has 36 heavy (non-hydrogen) atoms. The Bertz CT molecular complexity index is 1720. The van der Waals surface area contributed by atoms with Crippen LogP contribution in [0.25, 0.3) is 22.0 Å². The summed E-state index contributed by atoms with van der Waals surface area (Å²) in [5.41, 5.74) is -1.28. The van der Waals surface area contributed by atoms with E-state index in [1.165, 1.54) is 30.3 Å². The van der Waals surface area contributed by atoms with E-state index in [-0.39, 0.29) is 37.8 Å². The maximum Gasteiger partial charge on any atom is 0.418 e. The smallest absolute Gasteiger partial charge is 0.418 e. The van der Waals surface area contributed by atoms with Gasteiger partial charge in [-0.25, -0.2) is 21.2 Å². The van der Waals surface area contributed by atoms with Crippen LogP contribution in [0.3, 0.4) is 0 Å². The van der Waals surface area contributed by atoms with Crippen LogP contribution in [0.15, 0.2) is 76.7 Å². The molecule has 0 aliphatic rings. The lowest BCUT2D eigenvalue weighted by Gasteiger charge is -2.16. The zero-order valence-electron chi connectivity index (χ0n) is 18.7. The molecule has 0 fully saturated rings. The standard InChI is InChI=1S/C24H17F4NO5S2/c1-35(30,31)18-11-15(25)10-17(12-18)34-16-6-3-5-14(9-16)22-19-7-4-8-20(24(26,27)28)23(19)29-13-21(22)36(2,32)33/h3-13H,1-2H3. The molecule has 12 heteroatoms. The van der Waals surface area contributed by atoms with Gasteiger partial charge < -0.3 is 4.74 Å². The Morgan fingerprint density at radius 3 is 2.17 bits per heavy atom. The molecule has 0 bridgehead atoms. The third-order valence-electron chi connectivity index (χ3n) is 5.20. The molecular formula is C24H17F4NO5S2. The summed E-state index contributed by atoms with van der Waals surface area (Å²) in [6.07, 6.45) is -2.04. The van der Waals surface area contributed by atoms with Crippen molar-refractivity contribution in [1.82, 2.24) is 4.98 Å². The second kappa shape index (κ2) is 8.86. The highest BCUT2D eigenvalue weighted by Gasteiger charge is 2.34. The molecule has 4 aromatic rings. The van der Waals surface area contributed by atoms with Gasteiger partial charge in [-0.1, -0.05) is 24.3 Å². The van der Waals surface area contributed by atoms with Crippen LogP contribution in [-0.2, 0) is 25.9 Å². The number of hydrogen-bond acceptors (Lipinski definition) is 6. The number of para-hydroxylation sites is 1. The quantitative estimate of drug-likeness (QED) is 0.304. The summed E-state index contributed by atoms with van der Waals surface area (Å²) in [7, 11) is -7.66. The Labute approximate surface area is 204 Å². The molecule has 0 amide bonds. The van der Waals surface area contributed by atoms with Crippen molar-refractivity contribution in [3.8, 4) is 22.6 Å². The van der Waals surface area contributed by atoms with Crippen molar-refractivity contribution in [3.63, 3.8) is 0 Å². The second-order valence-electron chi connectivity index (χ2n) is 7.99. The average molecular weight is 540 g/mol. The van der Waals surface area contributed by atoms with Crippen molar-refractivity contribution in [2.45, 2.75) is 16.0 Å². The second-order valence-corrected chi connectivity index (χ2v) is 12.0. The van der Waals surface area contributed by atoms with Crippen LogP contribution in [0.4, 0.5) is 17.6 Å². The lowest BCUT2D eigenvalue weighted by molar-refractivity contribution is -0.136. The number of hydrogen-bond donors (Lipinski definition) is 0. The lowest BCUT2D eigenvalue weighted by atomic mass is 9.99. The first-order valence-corrected chi connectivity index (χ1v) is 13.9. The number of benzene rings is 3. The Morgan fingerprint density at radius 1 is 0.833 bits per heavy atom. The number of rotatable bonds is 5. The van der Waals surface area contributed by atoms with Gasteiger partial charge in [-0.2, -0.15) is 13.2 Å². The summed E-state index contributed by atoms with van der Waals surface area (Å²) in [5, 5.41) is -0.0463. The van der Waals surface area contributed by atoms with Crippen molar-refractivity contribution in [3.05, 3.63) is 78.2 Å². The molecule has 1 aromatic heterocycles. The van der Waals surface area contributed by atoms with E-state index in [0.29, 0.717) is 0 Å². The number of fused-ring (bicyclic) bond motifs is 1. The molecule has 0 unspecified atom stereocenters. The predicted octanol–water partition coefficient (Wildman–Crippen LogP) is 5.66. The monoisotopic (exact) mass is 539 g/mol. The SMILES string of the molecule is CS(=O)(=O)c1cc(F)cc(Oc2cccc(-c3c(S(C)(=O)=O)cnc4c(C(F)(F)F)cccc34)c2)c1. The van der Waals surface area contributed by atoms with Crippen molar-refractivity contribution in [1.29, 1.82) is 0 Å². The van der Waals surface area contributed by atoms with Gasteiger partial charge in [0, 0.05) is 35.7 Å². The molecule has 0 radical (unpaired) electrons. The van der Waals surface area contributed by atoms with Gasteiger partial charge in [-0.3, -0.25) is 4.98 Å². The van der Waals surface area contributed by atoms with E-state index in [2.05, 4.69) is 4.98 Å². The first-order valence-electron chi connectivity index (χ1n) is 10.1. The highest BCUT2D eigenvalue weighted by molar-refractivity contribution is 7.91. The summed E-state index contributed by atoms with van der Waals surface area (Å²) in [6.45, 7) is 0. The van der Waals surface area contributed by atoms with Crippen LogP contribution in [0.2, 0.25) is 0 Å². The summed E-state index contributed by atoms with van der Waals surface area (Å²) < 4.78 is 109. The number of halogens is 4. The summed E-state index contributed by atoms with van der Waals surface area (Å²) in [4.78, 5) is 3.20. The fourth-order valence-corrected chi connectivity index (χ4v) is 5.17. The summed E-state index contributed by atoms with van der Waals surface area (Å²) >= 11 is 0. The number of alkyl halides is 3. The molecule has 0 saturated carbocycles. The minimum Gasteiger partial charge on any atom is -0.457 e. The molecule has 4 rings (SSSR count). The number of nitrogens with zero attached hydrogens (tertiary/aromatic N) is 1. The minimum absolute atomic E-state index is 0.0184. The highest BCUT2D eigenvalue weighted by atomic mass is 32.2. The zero-order chi connectivity index (χ0) is 26.5. The molecule has 0 aliphatic heterocycles. The topological polar surface area (TPSA) is 90.4 Å². The van der Waals surface area contributed by atoms with E-state index in [9.17, 15) is 34.4 Å². The van der Waals surface area contributed by atoms with Gasteiger partial charge in [0.05, 0.1) is 20.9 Å².